The average molecular weight is 255 g/mol. The number of hydrogen-bond donors (Lipinski definition) is 2. The minimum Gasteiger partial charge on any atom is -0.337 e. The molecule has 0 radical (unpaired) electrons. The highest BCUT2D eigenvalue weighted by atomic mass is 32.2. The molecule has 4 nitrogen and oxygen atoms in total. The van der Waals surface area contributed by atoms with Crippen LogP contribution in [0.1, 0.15) is 39.5 Å². The van der Waals surface area contributed by atoms with Gasteiger partial charge < -0.3 is 11.1 Å². The molecule has 1 aliphatic rings. The summed E-state index contributed by atoms with van der Waals surface area (Å²) in [5.41, 5.74) is 4.97. The van der Waals surface area contributed by atoms with E-state index in [4.69, 9.17) is 11.0 Å². The number of nitriles is 1. The van der Waals surface area contributed by atoms with Crippen LogP contribution in [-0.4, -0.2) is 28.5 Å². The van der Waals surface area contributed by atoms with Crippen molar-refractivity contribution in [3.63, 3.8) is 0 Å². The van der Waals surface area contributed by atoms with Gasteiger partial charge in [0.2, 0.25) is 5.91 Å². The Morgan fingerprint density at radius 3 is 2.59 bits per heavy atom. The van der Waals surface area contributed by atoms with Crippen molar-refractivity contribution in [2.75, 3.05) is 11.5 Å². The molecule has 0 heterocycles. The third-order valence-corrected chi connectivity index (χ3v) is 4.17. The quantitative estimate of drug-likeness (QED) is 0.778. The molecular formula is C12H21N3OS. The summed E-state index contributed by atoms with van der Waals surface area (Å²) < 4.78 is 0. The first-order chi connectivity index (χ1) is 7.87. The molecule has 3 N–H and O–H groups in total. The molecule has 1 fully saturated rings. The lowest BCUT2D eigenvalue weighted by molar-refractivity contribution is -0.119. The van der Waals surface area contributed by atoms with Gasteiger partial charge in [-0.2, -0.15) is 17.0 Å². The highest BCUT2D eigenvalue weighted by Crippen LogP contribution is 2.28. The zero-order valence-electron chi connectivity index (χ0n) is 10.6. The molecule has 0 unspecified atom stereocenters. The second kappa shape index (κ2) is 5.74. The number of carbonyl (C=O) groups excluding carboxylic acids is 1. The highest BCUT2D eigenvalue weighted by Gasteiger charge is 2.35. The van der Waals surface area contributed by atoms with Crippen molar-refractivity contribution < 1.29 is 4.79 Å². The Labute approximate surface area is 107 Å². The van der Waals surface area contributed by atoms with E-state index in [0.717, 1.165) is 31.4 Å². The number of nitrogens with two attached hydrogens (primary N) is 1. The molecule has 0 spiro atoms. The second-order valence-corrected chi connectivity index (χ2v) is 6.42. The third-order valence-electron chi connectivity index (χ3n) is 2.76. The fraction of sp³-hybridized carbons (Fsp3) is 0.833. The van der Waals surface area contributed by atoms with E-state index in [1.807, 2.05) is 13.8 Å². The second-order valence-electron chi connectivity index (χ2n) is 5.43. The van der Waals surface area contributed by atoms with Gasteiger partial charge >= 0.3 is 0 Å². The minimum absolute atomic E-state index is 0.0531. The zero-order valence-corrected chi connectivity index (χ0v) is 11.4. The molecule has 0 bridgehead atoms. The largest absolute Gasteiger partial charge is 0.337 e. The summed E-state index contributed by atoms with van der Waals surface area (Å²) in [6.07, 6.45) is 3.61. The zero-order chi connectivity index (χ0) is 12.9. The molecule has 5 heteroatoms. The van der Waals surface area contributed by atoms with E-state index < -0.39 is 5.54 Å². The fourth-order valence-corrected chi connectivity index (χ4v) is 2.84. The van der Waals surface area contributed by atoms with Crippen LogP contribution >= 0.6 is 11.8 Å². The van der Waals surface area contributed by atoms with E-state index in [2.05, 4.69) is 11.4 Å². The first-order valence-electron chi connectivity index (χ1n) is 5.96. The number of thioether (sulfide) groups is 1. The first-order valence-corrected chi connectivity index (χ1v) is 7.11. The Morgan fingerprint density at radius 2 is 2.12 bits per heavy atom. The fourth-order valence-electron chi connectivity index (χ4n) is 1.95. The smallest absolute Gasteiger partial charge is 0.231 e. The number of hydrogen-bond acceptors (Lipinski definition) is 4. The Hall–Kier alpha value is -0.730. The van der Waals surface area contributed by atoms with Gasteiger partial charge in [-0.25, -0.2) is 0 Å². The van der Waals surface area contributed by atoms with Gasteiger partial charge in [0.05, 0.1) is 11.8 Å². The van der Waals surface area contributed by atoms with Crippen LogP contribution in [0.3, 0.4) is 0 Å². The topological polar surface area (TPSA) is 78.9 Å². The van der Waals surface area contributed by atoms with Crippen LogP contribution in [0.2, 0.25) is 0 Å². The van der Waals surface area contributed by atoms with Gasteiger partial charge in [-0.1, -0.05) is 0 Å². The van der Waals surface area contributed by atoms with Crippen LogP contribution in [-0.2, 0) is 4.79 Å². The maximum Gasteiger partial charge on any atom is 0.231 e. The van der Waals surface area contributed by atoms with Crippen LogP contribution in [0.15, 0.2) is 0 Å². The summed E-state index contributed by atoms with van der Waals surface area (Å²) in [4.78, 5) is 11.7. The lowest BCUT2D eigenvalue weighted by atomic mass is 10.0. The van der Waals surface area contributed by atoms with Gasteiger partial charge in [-0.15, -0.1) is 0 Å². The first kappa shape index (κ1) is 14.3. The van der Waals surface area contributed by atoms with Gasteiger partial charge in [0.1, 0.15) is 5.54 Å². The number of amides is 1. The lowest BCUT2D eigenvalue weighted by Crippen LogP contribution is -2.46. The molecule has 0 aromatic carbocycles. The predicted octanol–water partition coefficient (Wildman–Crippen LogP) is 1.41. The van der Waals surface area contributed by atoms with Crippen LogP contribution in [0.5, 0.6) is 0 Å². The van der Waals surface area contributed by atoms with Gasteiger partial charge in [-0.3, -0.25) is 4.79 Å². The Balaban J connectivity index is 2.32. The molecule has 0 aliphatic heterocycles. The predicted molar refractivity (Wildman–Crippen MR) is 70.5 cm³/mol. The monoisotopic (exact) mass is 255 g/mol. The minimum atomic E-state index is -0.601. The summed E-state index contributed by atoms with van der Waals surface area (Å²) in [6, 6.07) is 2.25. The standard InChI is InChI=1S/C12H21N3OS/c1-11(2,14)9-17-7-10(16)15-12(8-13)5-3-4-6-12/h3-7,9,14H2,1-2H3,(H,15,16). The third kappa shape index (κ3) is 4.97. The number of carbonyl (C=O) groups is 1. The van der Waals surface area contributed by atoms with Crippen molar-refractivity contribution in [3.05, 3.63) is 0 Å². The summed E-state index contributed by atoms with van der Waals surface area (Å²) in [7, 11) is 0. The SMILES string of the molecule is CC(C)(N)CSCC(=O)NC1(C#N)CCCC1. The van der Waals surface area contributed by atoms with Crippen molar-refractivity contribution in [2.24, 2.45) is 5.73 Å². The number of nitrogens with zero attached hydrogens (tertiary/aromatic N) is 1. The molecule has 1 amide bonds. The Kier molecular flexibility index (Phi) is 4.84. The van der Waals surface area contributed by atoms with E-state index in [1.54, 1.807) is 0 Å². The maximum absolute atomic E-state index is 11.7. The average Bonchev–Trinajstić information content (AvgIpc) is 2.65. The van der Waals surface area contributed by atoms with Crippen molar-refractivity contribution in [1.29, 1.82) is 5.26 Å². The van der Waals surface area contributed by atoms with E-state index in [9.17, 15) is 4.79 Å². The van der Waals surface area contributed by atoms with Gasteiger partial charge in [-0.05, 0) is 39.5 Å². The normalized spacial score (nSPS) is 18.7. The van der Waals surface area contributed by atoms with Crippen LogP contribution in [0.4, 0.5) is 0 Å². The van der Waals surface area contributed by atoms with E-state index >= 15 is 0 Å². The van der Waals surface area contributed by atoms with Crippen molar-refractivity contribution in [1.82, 2.24) is 5.32 Å². The molecule has 1 rings (SSSR count). The molecule has 96 valence electrons. The highest BCUT2D eigenvalue weighted by molar-refractivity contribution is 8.00. The van der Waals surface area contributed by atoms with Crippen molar-refractivity contribution >= 4 is 17.7 Å². The van der Waals surface area contributed by atoms with E-state index in [1.165, 1.54) is 11.8 Å². The van der Waals surface area contributed by atoms with Gasteiger partial charge in [0.25, 0.3) is 0 Å². The summed E-state index contributed by atoms with van der Waals surface area (Å²) in [5.74, 6) is 1.06. The van der Waals surface area contributed by atoms with E-state index in [-0.39, 0.29) is 11.4 Å². The Morgan fingerprint density at radius 1 is 1.53 bits per heavy atom. The molecule has 0 atom stereocenters. The molecule has 0 saturated heterocycles. The summed E-state index contributed by atoms with van der Waals surface area (Å²) >= 11 is 1.51. The molecule has 0 aromatic heterocycles. The molecule has 0 aromatic rings. The summed E-state index contributed by atoms with van der Waals surface area (Å²) in [5, 5.41) is 12.0. The number of rotatable bonds is 5. The molecular weight excluding hydrogens is 234 g/mol. The van der Waals surface area contributed by atoms with Crippen molar-refractivity contribution in [2.45, 2.75) is 50.6 Å². The number of nitrogens with one attached hydrogen (secondary N) is 1. The molecule has 1 aliphatic carbocycles. The summed E-state index contributed by atoms with van der Waals surface area (Å²) in [6.45, 7) is 3.87. The van der Waals surface area contributed by atoms with Crippen LogP contribution < -0.4 is 11.1 Å². The Bertz CT molecular complexity index is 311. The van der Waals surface area contributed by atoms with Crippen molar-refractivity contribution in [3.8, 4) is 6.07 Å². The lowest BCUT2D eigenvalue weighted by Gasteiger charge is -2.22. The van der Waals surface area contributed by atoms with E-state index in [0.29, 0.717) is 5.75 Å². The van der Waals surface area contributed by atoms with Crippen LogP contribution in [0.25, 0.3) is 0 Å². The van der Waals surface area contributed by atoms with Gasteiger partial charge in [0.15, 0.2) is 0 Å². The van der Waals surface area contributed by atoms with Crippen LogP contribution in [0, 0.1) is 11.3 Å². The van der Waals surface area contributed by atoms with Gasteiger partial charge in [0, 0.05) is 11.3 Å². The maximum atomic E-state index is 11.7. The molecule has 17 heavy (non-hydrogen) atoms. The molecule has 1 saturated carbocycles.